The average molecular weight is 309 g/mol. The molecule has 0 bridgehead atoms. The van der Waals surface area contributed by atoms with Gasteiger partial charge in [-0.05, 0) is 42.5 Å². The standard InChI is InChI=1S/C19H19NO3/c1-12-6-7-17(15(8-12)11-18(21)22)19(23)20-16-9-13-4-2-3-5-14(13)10-16/h2-8,16H,9-11H2,1H3,(H,20,23)(H,21,22). The van der Waals surface area contributed by atoms with Crippen molar-refractivity contribution in [2.75, 3.05) is 0 Å². The van der Waals surface area contributed by atoms with E-state index in [4.69, 9.17) is 5.11 Å². The Labute approximate surface area is 135 Å². The van der Waals surface area contributed by atoms with E-state index >= 15 is 0 Å². The SMILES string of the molecule is Cc1ccc(C(=O)NC2Cc3ccccc3C2)c(CC(=O)O)c1. The maximum atomic E-state index is 12.6. The zero-order chi connectivity index (χ0) is 16.4. The Hall–Kier alpha value is -2.62. The Balaban J connectivity index is 1.76. The molecule has 0 saturated heterocycles. The molecule has 0 unspecified atom stereocenters. The molecule has 0 aromatic heterocycles. The highest BCUT2D eigenvalue weighted by Gasteiger charge is 2.24. The Morgan fingerprint density at radius 2 is 1.78 bits per heavy atom. The number of carboxylic acid groups (broad SMARTS) is 1. The van der Waals surface area contributed by atoms with Gasteiger partial charge in [-0.2, -0.15) is 0 Å². The molecule has 0 aliphatic heterocycles. The number of rotatable bonds is 4. The van der Waals surface area contributed by atoms with E-state index in [2.05, 4.69) is 17.4 Å². The number of benzene rings is 2. The number of hydrogen-bond acceptors (Lipinski definition) is 2. The average Bonchev–Trinajstić information content (AvgIpc) is 2.88. The highest BCUT2D eigenvalue weighted by molar-refractivity contribution is 5.97. The maximum Gasteiger partial charge on any atom is 0.307 e. The van der Waals surface area contributed by atoms with Crippen molar-refractivity contribution in [3.8, 4) is 0 Å². The Bertz CT molecular complexity index is 742. The van der Waals surface area contributed by atoms with E-state index < -0.39 is 5.97 Å². The van der Waals surface area contributed by atoms with E-state index in [1.807, 2.05) is 25.1 Å². The fourth-order valence-electron chi connectivity index (χ4n) is 3.18. The third-order valence-corrected chi connectivity index (χ3v) is 4.23. The lowest BCUT2D eigenvalue weighted by Crippen LogP contribution is -2.36. The van der Waals surface area contributed by atoms with Crippen LogP contribution >= 0.6 is 0 Å². The second-order valence-corrected chi connectivity index (χ2v) is 6.08. The molecule has 0 heterocycles. The molecule has 1 aliphatic rings. The molecule has 0 radical (unpaired) electrons. The summed E-state index contributed by atoms with van der Waals surface area (Å²) in [5, 5.41) is 12.1. The van der Waals surface area contributed by atoms with Crippen LogP contribution in [0.4, 0.5) is 0 Å². The first kappa shape index (κ1) is 15.3. The van der Waals surface area contributed by atoms with Gasteiger partial charge in [-0.25, -0.2) is 0 Å². The van der Waals surface area contributed by atoms with Gasteiger partial charge in [0.25, 0.3) is 5.91 Å². The molecule has 2 aromatic rings. The topological polar surface area (TPSA) is 66.4 Å². The molecule has 0 atom stereocenters. The molecule has 4 heteroatoms. The lowest BCUT2D eigenvalue weighted by atomic mass is 10.0. The van der Waals surface area contributed by atoms with Gasteiger partial charge in [-0.3, -0.25) is 9.59 Å². The number of carbonyl (C=O) groups is 2. The molecule has 23 heavy (non-hydrogen) atoms. The maximum absolute atomic E-state index is 12.6. The molecule has 0 fully saturated rings. The second-order valence-electron chi connectivity index (χ2n) is 6.08. The van der Waals surface area contributed by atoms with Crippen LogP contribution in [-0.2, 0) is 24.1 Å². The fourth-order valence-corrected chi connectivity index (χ4v) is 3.18. The van der Waals surface area contributed by atoms with Gasteiger partial charge in [-0.1, -0.05) is 42.0 Å². The number of amides is 1. The van der Waals surface area contributed by atoms with Gasteiger partial charge in [0.2, 0.25) is 0 Å². The second kappa shape index (κ2) is 6.24. The summed E-state index contributed by atoms with van der Waals surface area (Å²) in [5.74, 6) is -1.13. The summed E-state index contributed by atoms with van der Waals surface area (Å²) in [6.07, 6.45) is 1.50. The molecule has 4 nitrogen and oxygen atoms in total. The summed E-state index contributed by atoms with van der Waals surface area (Å²) in [6, 6.07) is 13.6. The van der Waals surface area contributed by atoms with Crippen molar-refractivity contribution in [2.24, 2.45) is 0 Å². The van der Waals surface area contributed by atoms with Crippen molar-refractivity contribution >= 4 is 11.9 Å². The van der Waals surface area contributed by atoms with Crippen molar-refractivity contribution in [1.82, 2.24) is 5.32 Å². The zero-order valence-corrected chi connectivity index (χ0v) is 13.0. The van der Waals surface area contributed by atoms with Gasteiger partial charge in [-0.15, -0.1) is 0 Å². The molecule has 1 amide bonds. The number of hydrogen-bond donors (Lipinski definition) is 2. The van der Waals surface area contributed by atoms with Gasteiger partial charge in [0.05, 0.1) is 6.42 Å². The minimum absolute atomic E-state index is 0.0684. The monoisotopic (exact) mass is 309 g/mol. The smallest absolute Gasteiger partial charge is 0.307 e. The third-order valence-electron chi connectivity index (χ3n) is 4.23. The molecule has 2 aromatic carbocycles. The molecular formula is C19H19NO3. The Morgan fingerprint density at radius 3 is 2.39 bits per heavy atom. The van der Waals surface area contributed by atoms with E-state index in [-0.39, 0.29) is 18.4 Å². The number of carbonyl (C=O) groups excluding carboxylic acids is 1. The zero-order valence-electron chi connectivity index (χ0n) is 13.0. The summed E-state index contributed by atoms with van der Waals surface area (Å²) in [4.78, 5) is 23.6. The molecule has 1 aliphatic carbocycles. The number of nitrogens with one attached hydrogen (secondary N) is 1. The van der Waals surface area contributed by atoms with Crippen molar-refractivity contribution in [3.05, 3.63) is 70.3 Å². The van der Waals surface area contributed by atoms with Crippen LogP contribution in [0.2, 0.25) is 0 Å². The van der Waals surface area contributed by atoms with Crippen molar-refractivity contribution in [2.45, 2.75) is 32.2 Å². The van der Waals surface area contributed by atoms with Gasteiger partial charge in [0.1, 0.15) is 0 Å². The largest absolute Gasteiger partial charge is 0.481 e. The number of aryl methyl sites for hydroxylation is 1. The van der Waals surface area contributed by atoms with E-state index in [0.29, 0.717) is 11.1 Å². The minimum Gasteiger partial charge on any atom is -0.481 e. The first-order chi connectivity index (χ1) is 11.0. The Kier molecular flexibility index (Phi) is 4.15. The predicted molar refractivity (Wildman–Crippen MR) is 87.6 cm³/mol. The van der Waals surface area contributed by atoms with E-state index in [9.17, 15) is 9.59 Å². The molecule has 118 valence electrons. The number of aliphatic carboxylic acids is 1. The van der Waals surface area contributed by atoms with Crippen LogP contribution in [0.1, 0.15) is 32.6 Å². The fraction of sp³-hybridized carbons (Fsp3) is 0.263. The van der Waals surface area contributed by atoms with Gasteiger partial charge in [0, 0.05) is 11.6 Å². The summed E-state index contributed by atoms with van der Waals surface area (Å²) in [6.45, 7) is 1.89. The van der Waals surface area contributed by atoms with Crippen molar-refractivity contribution < 1.29 is 14.7 Å². The van der Waals surface area contributed by atoms with E-state index in [1.165, 1.54) is 11.1 Å². The van der Waals surface area contributed by atoms with Crippen molar-refractivity contribution in [3.63, 3.8) is 0 Å². The molecule has 3 rings (SSSR count). The van der Waals surface area contributed by atoms with Crippen molar-refractivity contribution in [1.29, 1.82) is 0 Å². The van der Waals surface area contributed by atoms with Crippen LogP contribution in [0, 0.1) is 6.92 Å². The third kappa shape index (κ3) is 3.42. The quantitative estimate of drug-likeness (QED) is 0.912. The van der Waals surface area contributed by atoms with Crippen LogP contribution in [0.3, 0.4) is 0 Å². The summed E-state index contributed by atoms with van der Waals surface area (Å²) < 4.78 is 0. The normalized spacial score (nSPS) is 13.6. The summed E-state index contributed by atoms with van der Waals surface area (Å²) in [5.41, 5.74) is 4.51. The number of fused-ring (bicyclic) bond motifs is 1. The molecular weight excluding hydrogens is 290 g/mol. The van der Waals surface area contributed by atoms with E-state index in [1.54, 1.807) is 12.1 Å². The summed E-state index contributed by atoms with van der Waals surface area (Å²) >= 11 is 0. The van der Waals surface area contributed by atoms with E-state index in [0.717, 1.165) is 18.4 Å². The molecule has 2 N–H and O–H groups in total. The molecule has 0 saturated carbocycles. The van der Waals surface area contributed by atoms with Crippen LogP contribution in [-0.4, -0.2) is 23.0 Å². The van der Waals surface area contributed by atoms with Crippen LogP contribution in [0.5, 0.6) is 0 Å². The van der Waals surface area contributed by atoms with Gasteiger partial charge >= 0.3 is 5.97 Å². The van der Waals surface area contributed by atoms with Crippen LogP contribution in [0.25, 0.3) is 0 Å². The van der Waals surface area contributed by atoms with Gasteiger partial charge < -0.3 is 10.4 Å². The lowest BCUT2D eigenvalue weighted by Gasteiger charge is -2.14. The van der Waals surface area contributed by atoms with Crippen LogP contribution < -0.4 is 5.32 Å². The first-order valence-corrected chi connectivity index (χ1v) is 7.72. The lowest BCUT2D eigenvalue weighted by molar-refractivity contribution is -0.136. The summed E-state index contributed by atoms with van der Waals surface area (Å²) in [7, 11) is 0. The highest BCUT2D eigenvalue weighted by Crippen LogP contribution is 2.22. The highest BCUT2D eigenvalue weighted by atomic mass is 16.4. The first-order valence-electron chi connectivity index (χ1n) is 7.72. The number of carboxylic acids is 1. The Morgan fingerprint density at radius 1 is 1.13 bits per heavy atom. The van der Waals surface area contributed by atoms with Gasteiger partial charge in [0.15, 0.2) is 0 Å². The predicted octanol–water partition coefficient (Wildman–Crippen LogP) is 2.52. The van der Waals surface area contributed by atoms with Crippen LogP contribution in [0.15, 0.2) is 42.5 Å². The molecule has 0 spiro atoms. The minimum atomic E-state index is -0.932.